The topological polar surface area (TPSA) is 55.7 Å². The minimum Gasteiger partial charge on any atom is -0.508 e. The van der Waals surface area contributed by atoms with Crippen molar-refractivity contribution in [2.45, 2.75) is 27.7 Å². The average Bonchev–Trinajstić information content (AvgIpc) is 3.02. The number of hydrogen-bond donors (Lipinski definition) is 3. The normalized spacial score (nSPS) is 10.1. The molecular formula is C40H39BrN2O2. The second-order valence-electron chi connectivity index (χ2n) is 10.9. The van der Waals surface area contributed by atoms with Crippen LogP contribution >= 0.6 is 15.9 Å². The Hall–Kier alpha value is -5.00. The van der Waals surface area contributed by atoms with Crippen molar-refractivity contribution in [3.8, 4) is 11.5 Å². The molecule has 0 radical (unpaired) electrons. The minimum absolute atomic E-state index is 0.265. The smallest absolute Gasteiger partial charge is 0.117 e. The molecule has 0 aliphatic carbocycles. The number of hydrogen-bond acceptors (Lipinski definition) is 4. The number of phenols is 2. The Morgan fingerprint density at radius 1 is 0.444 bits per heavy atom. The number of anilines is 5. The van der Waals surface area contributed by atoms with Crippen LogP contribution in [0.2, 0.25) is 0 Å². The maximum atomic E-state index is 9.82. The first-order chi connectivity index (χ1) is 21.7. The molecule has 0 spiro atoms. The number of nitrogens with zero attached hydrogens (tertiary/aromatic N) is 1. The van der Waals surface area contributed by atoms with Crippen molar-refractivity contribution >= 4 is 44.4 Å². The van der Waals surface area contributed by atoms with Crippen LogP contribution in [0.25, 0.3) is 0 Å². The molecule has 0 aliphatic heterocycles. The first kappa shape index (κ1) is 32.9. The molecular weight excluding hydrogens is 620 g/mol. The third-order valence-corrected chi connectivity index (χ3v) is 7.37. The van der Waals surface area contributed by atoms with E-state index in [-0.39, 0.29) is 5.75 Å². The molecule has 0 saturated carbocycles. The molecule has 0 aromatic heterocycles. The van der Waals surface area contributed by atoms with E-state index in [2.05, 4.69) is 151 Å². The Morgan fingerprint density at radius 2 is 0.822 bits per heavy atom. The van der Waals surface area contributed by atoms with Gasteiger partial charge in [0.15, 0.2) is 0 Å². The van der Waals surface area contributed by atoms with Crippen LogP contribution in [0.5, 0.6) is 11.5 Å². The second-order valence-corrected chi connectivity index (χ2v) is 11.8. The van der Waals surface area contributed by atoms with Crippen molar-refractivity contribution in [1.29, 1.82) is 0 Å². The fraction of sp³-hybridized carbons (Fsp3) is 0.100. The summed E-state index contributed by atoms with van der Waals surface area (Å²) < 4.78 is 0.900. The monoisotopic (exact) mass is 658 g/mol. The Bertz CT molecular complexity index is 1660. The van der Waals surface area contributed by atoms with Crippen molar-refractivity contribution in [2.75, 3.05) is 10.2 Å². The predicted molar refractivity (Wildman–Crippen MR) is 194 cm³/mol. The fourth-order valence-corrected chi connectivity index (χ4v) is 4.77. The van der Waals surface area contributed by atoms with Gasteiger partial charge in [0, 0.05) is 39.0 Å². The Morgan fingerprint density at radius 3 is 1.18 bits per heavy atom. The summed E-state index contributed by atoms with van der Waals surface area (Å²) in [7, 11) is 0. The van der Waals surface area contributed by atoms with Gasteiger partial charge in [-0.1, -0.05) is 98.8 Å². The van der Waals surface area contributed by atoms with E-state index in [9.17, 15) is 5.11 Å². The van der Waals surface area contributed by atoms with Crippen LogP contribution in [-0.4, -0.2) is 10.2 Å². The maximum absolute atomic E-state index is 9.82. The van der Waals surface area contributed by atoms with Crippen LogP contribution in [0.3, 0.4) is 0 Å². The van der Waals surface area contributed by atoms with E-state index in [1.807, 2.05) is 18.2 Å². The zero-order chi connectivity index (χ0) is 32.2. The zero-order valence-electron chi connectivity index (χ0n) is 26.1. The summed E-state index contributed by atoms with van der Waals surface area (Å²) in [6.45, 7) is 8.34. The molecule has 0 saturated heterocycles. The Labute approximate surface area is 275 Å². The number of aryl methyl sites for hydroxylation is 4. The molecule has 0 amide bonds. The lowest BCUT2D eigenvalue weighted by Crippen LogP contribution is -2.09. The van der Waals surface area contributed by atoms with Gasteiger partial charge in [0.2, 0.25) is 0 Å². The molecule has 45 heavy (non-hydrogen) atoms. The van der Waals surface area contributed by atoms with E-state index in [4.69, 9.17) is 5.11 Å². The van der Waals surface area contributed by atoms with E-state index in [1.165, 1.54) is 22.3 Å². The number of benzene rings is 6. The van der Waals surface area contributed by atoms with E-state index in [0.29, 0.717) is 5.75 Å². The number of halogens is 1. The summed E-state index contributed by atoms with van der Waals surface area (Å²) in [5, 5.41) is 22.0. The third-order valence-electron chi connectivity index (χ3n) is 6.87. The van der Waals surface area contributed by atoms with Gasteiger partial charge in [-0.15, -0.1) is 0 Å². The molecule has 0 fully saturated rings. The van der Waals surface area contributed by atoms with Gasteiger partial charge in [0.05, 0.1) is 0 Å². The first-order valence-corrected chi connectivity index (χ1v) is 15.5. The highest BCUT2D eigenvalue weighted by Gasteiger charge is 2.12. The summed E-state index contributed by atoms with van der Waals surface area (Å²) in [5.74, 6) is 0.557. The molecule has 0 heterocycles. The number of aromatic hydroxyl groups is 2. The van der Waals surface area contributed by atoms with Crippen LogP contribution in [0.1, 0.15) is 22.3 Å². The predicted octanol–water partition coefficient (Wildman–Crippen LogP) is 11.7. The molecule has 6 aromatic carbocycles. The van der Waals surface area contributed by atoms with E-state index >= 15 is 0 Å². The standard InChI is InChI=1S/C20H19NO.C14H15N.C6H5BrO/c1-15-6-10-17(11-7-15)21(18-12-8-16(2)9-13-18)19-4-3-5-20(22)14-19;1-11-3-7-13(8-4-11)15-14-9-5-12(2)6-10-14;7-5-2-1-3-6(8)4-5/h3-14,22H,1-2H3;3-10,15H,1-2H3;1-4,8H. The lowest BCUT2D eigenvalue weighted by Gasteiger charge is -2.25. The molecule has 4 nitrogen and oxygen atoms in total. The summed E-state index contributed by atoms with van der Waals surface area (Å²) in [6, 6.07) is 47.8. The number of rotatable bonds is 5. The summed E-state index contributed by atoms with van der Waals surface area (Å²) >= 11 is 3.20. The van der Waals surface area contributed by atoms with Crippen LogP contribution < -0.4 is 10.2 Å². The SMILES string of the molecule is Cc1ccc(N(c2ccc(C)cc2)c2cccc(O)c2)cc1.Cc1ccc(Nc2ccc(C)cc2)cc1.Oc1cccc(Br)c1. The highest BCUT2D eigenvalue weighted by Crippen LogP contribution is 2.35. The molecule has 5 heteroatoms. The van der Waals surface area contributed by atoms with Crippen LogP contribution in [0.4, 0.5) is 28.4 Å². The first-order valence-electron chi connectivity index (χ1n) is 14.7. The third kappa shape index (κ3) is 10.6. The van der Waals surface area contributed by atoms with Crippen LogP contribution in [-0.2, 0) is 0 Å². The molecule has 6 rings (SSSR count). The van der Waals surface area contributed by atoms with E-state index in [1.54, 1.807) is 30.3 Å². The fourth-order valence-electron chi connectivity index (χ4n) is 4.38. The lowest BCUT2D eigenvalue weighted by molar-refractivity contribution is 0.474. The maximum Gasteiger partial charge on any atom is 0.117 e. The van der Waals surface area contributed by atoms with Gasteiger partial charge in [0.1, 0.15) is 11.5 Å². The average molecular weight is 660 g/mol. The Kier molecular flexibility index (Phi) is 11.8. The van der Waals surface area contributed by atoms with E-state index < -0.39 is 0 Å². The van der Waals surface area contributed by atoms with Gasteiger partial charge in [-0.25, -0.2) is 0 Å². The molecule has 228 valence electrons. The second kappa shape index (κ2) is 16.2. The van der Waals surface area contributed by atoms with Gasteiger partial charge in [0.25, 0.3) is 0 Å². The highest BCUT2D eigenvalue weighted by atomic mass is 79.9. The van der Waals surface area contributed by atoms with Gasteiger partial charge in [-0.3, -0.25) is 0 Å². The lowest BCUT2D eigenvalue weighted by atomic mass is 10.1. The molecule has 0 bridgehead atoms. The van der Waals surface area contributed by atoms with Crippen LogP contribution in [0.15, 0.2) is 150 Å². The van der Waals surface area contributed by atoms with E-state index in [0.717, 1.165) is 32.9 Å². The Balaban J connectivity index is 0.000000172. The molecule has 0 aliphatic rings. The molecule has 3 N–H and O–H groups in total. The molecule has 0 unspecified atom stereocenters. The van der Waals surface area contributed by atoms with Crippen molar-refractivity contribution in [1.82, 2.24) is 0 Å². The quantitative estimate of drug-likeness (QED) is 0.172. The van der Waals surface area contributed by atoms with Crippen molar-refractivity contribution in [3.05, 3.63) is 172 Å². The number of nitrogens with one attached hydrogen (secondary N) is 1. The molecule has 0 atom stereocenters. The minimum atomic E-state index is 0.265. The van der Waals surface area contributed by atoms with Gasteiger partial charge >= 0.3 is 0 Å². The summed E-state index contributed by atoms with van der Waals surface area (Å²) in [4.78, 5) is 2.14. The largest absolute Gasteiger partial charge is 0.508 e. The van der Waals surface area contributed by atoms with Crippen LogP contribution in [0, 0.1) is 27.7 Å². The van der Waals surface area contributed by atoms with Gasteiger partial charge in [-0.05, 0) is 107 Å². The van der Waals surface area contributed by atoms with Gasteiger partial charge < -0.3 is 20.4 Å². The number of phenolic OH excluding ortho intramolecular Hbond substituents is 2. The zero-order valence-corrected chi connectivity index (χ0v) is 27.7. The van der Waals surface area contributed by atoms with Crippen molar-refractivity contribution in [2.24, 2.45) is 0 Å². The summed E-state index contributed by atoms with van der Waals surface area (Å²) in [5.41, 5.74) is 10.3. The molecule has 6 aromatic rings. The highest BCUT2D eigenvalue weighted by molar-refractivity contribution is 9.10. The summed E-state index contributed by atoms with van der Waals surface area (Å²) in [6.07, 6.45) is 0. The van der Waals surface area contributed by atoms with Crippen molar-refractivity contribution < 1.29 is 10.2 Å². The van der Waals surface area contributed by atoms with Crippen molar-refractivity contribution in [3.63, 3.8) is 0 Å². The van der Waals surface area contributed by atoms with Gasteiger partial charge in [-0.2, -0.15) is 0 Å².